The van der Waals surface area contributed by atoms with E-state index in [0.717, 1.165) is 16.9 Å². The van der Waals surface area contributed by atoms with Crippen molar-refractivity contribution < 1.29 is 28.5 Å². The first-order chi connectivity index (χ1) is 15.6. The van der Waals surface area contributed by atoms with E-state index < -0.39 is 11.9 Å². The topological polar surface area (TPSA) is 97.1 Å². The van der Waals surface area contributed by atoms with Crippen molar-refractivity contribution in [3.05, 3.63) is 78.4 Å². The Kier molecular flexibility index (Phi) is 8.22. The first-order valence-corrected chi connectivity index (χ1v) is 10.1. The fourth-order valence-corrected chi connectivity index (χ4v) is 2.85. The van der Waals surface area contributed by atoms with Crippen LogP contribution in [0.2, 0.25) is 0 Å². The molecule has 2 N–H and O–H groups in total. The van der Waals surface area contributed by atoms with Gasteiger partial charge in [-0.05, 0) is 59.7 Å². The van der Waals surface area contributed by atoms with Crippen LogP contribution in [0.25, 0.3) is 11.1 Å². The van der Waals surface area contributed by atoms with E-state index in [1.165, 1.54) is 0 Å². The highest BCUT2D eigenvalue weighted by molar-refractivity contribution is 5.91. The molecule has 0 aliphatic carbocycles. The molecule has 3 rings (SSSR count). The molecule has 32 heavy (non-hydrogen) atoms. The van der Waals surface area contributed by atoms with Crippen molar-refractivity contribution in [3.63, 3.8) is 0 Å². The zero-order valence-corrected chi connectivity index (χ0v) is 17.8. The largest absolute Gasteiger partial charge is 0.497 e. The number of carbonyl (C=O) groups excluding carboxylic acids is 2. The minimum Gasteiger partial charge on any atom is -0.497 e. The Balaban J connectivity index is 1.49. The van der Waals surface area contributed by atoms with Crippen molar-refractivity contribution in [3.8, 4) is 28.4 Å². The molecule has 0 amide bonds. The molecular weight excluding hydrogens is 410 g/mol. The van der Waals surface area contributed by atoms with Crippen LogP contribution in [0.15, 0.2) is 72.8 Å². The standard InChI is InChI=1S/C25H25NO6/c1-29-21-9-3-18(4-10-21)19-5-13-23(14-6-19)32-25(28)20-7-11-22(12-8-20)30-15-2-16-31-24(27)17-26/h3-14H,2,15-17,26H2,1H3. The quantitative estimate of drug-likeness (QED) is 0.293. The van der Waals surface area contributed by atoms with Gasteiger partial charge in [0.05, 0.1) is 32.4 Å². The summed E-state index contributed by atoms with van der Waals surface area (Å²) < 4.78 is 21.1. The second kappa shape index (κ2) is 11.5. The van der Waals surface area contributed by atoms with Gasteiger partial charge in [-0.25, -0.2) is 4.79 Å². The molecule has 3 aromatic rings. The van der Waals surface area contributed by atoms with Gasteiger partial charge in [-0.3, -0.25) is 4.79 Å². The second-order valence-corrected chi connectivity index (χ2v) is 6.79. The van der Waals surface area contributed by atoms with Gasteiger partial charge in [0.15, 0.2) is 0 Å². The first-order valence-electron chi connectivity index (χ1n) is 10.1. The molecule has 7 nitrogen and oxygen atoms in total. The summed E-state index contributed by atoms with van der Waals surface area (Å²) in [6, 6.07) is 21.7. The molecule has 0 saturated heterocycles. The Bertz CT molecular complexity index is 1010. The number of rotatable bonds is 10. The molecule has 0 bridgehead atoms. The number of hydrogen-bond donors (Lipinski definition) is 1. The van der Waals surface area contributed by atoms with Crippen LogP contribution in [-0.2, 0) is 9.53 Å². The van der Waals surface area contributed by atoms with Gasteiger partial charge in [0.1, 0.15) is 17.2 Å². The summed E-state index contributed by atoms with van der Waals surface area (Å²) in [5.41, 5.74) is 7.61. The van der Waals surface area contributed by atoms with Crippen LogP contribution in [0.4, 0.5) is 0 Å². The maximum atomic E-state index is 12.4. The maximum Gasteiger partial charge on any atom is 0.343 e. The molecule has 0 atom stereocenters. The predicted octanol–water partition coefficient (Wildman–Crippen LogP) is 3.85. The number of ether oxygens (including phenoxy) is 4. The number of esters is 2. The fraction of sp³-hybridized carbons (Fsp3) is 0.200. The van der Waals surface area contributed by atoms with Gasteiger partial charge in [0.2, 0.25) is 0 Å². The third kappa shape index (κ3) is 6.58. The monoisotopic (exact) mass is 435 g/mol. The minimum atomic E-state index is -0.456. The van der Waals surface area contributed by atoms with Crippen LogP contribution in [-0.4, -0.2) is 38.8 Å². The van der Waals surface area contributed by atoms with E-state index in [1.54, 1.807) is 43.5 Å². The van der Waals surface area contributed by atoms with Gasteiger partial charge in [0.25, 0.3) is 0 Å². The summed E-state index contributed by atoms with van der Waals surface area (Å²) in [7, 11) is 1.63. The summed E-state index contributed by atoms with van der Waals surface area (Å²) >= 11 is 0. The van der Waals surface area contributed by atoms with Crippen molar-refractivity contribution in [1.82, 2.24) is 0 Å². The predicted molar refractivity (Wildman–Crippen MR) is 120 cm³/mol. The second-order valence-electron chi connectivity index (χ2n) is 6.79. The highest BCUT2D eigenvalue weighted by Crippen LogP contribution is 2.25. The van der Waals surface area contributed by atoms with E-state index in [1.807, 2.05) is 36.4 Å². The molecule has 3 aromatic carbocycles. The lowest BCUT2D eigenvalue weighted by Crippen LogP contribution is -2.18. The smallest absolute Gasteiger partial charge is 0.343 e. The van der Waals surface area contributed by atoms with Crippen LogP contribution < -0.4 is 19.9 Å². The lowest BCUT2D eigenvalue weighted by atomic mass is 10.1. The Labute approximate surface area is 186 Å². The average Bonchev–Trinajstić information content (AvgIpc) is 2.84. The molecule has 7 heteroatoms. The third-order valence-electron chi connectivity index (χ3n) is 4.57. The Morgan fingerprint density at radius 2 is 1.31 bits per heavy atom. The molecular formula is C25H25NO6. The molecule has 0 aliphatic rings. The van der Waals surface area contributed by atoms with Gasteiger partial charge >= 0.3 is 11.9 Å². The van der Waals surface area contributed by atoms with E-state index in [4.69, 9.17) is 24.7 Å². The van der Waals surface area contributed by atoms with Crippen molar-refractivity contribution in [1.29, 1.82) is 0 Å². The molecule has 0 spiro atoms. The van der Waals surface area contributed by atoms with Crippen LogP contribution in [0.3, 0.4) is 0 Å². The molecule has 0 fully saturated rings. The molecule has 0 radical (unpaired) electrons. The van der Waals surface area contributed by atoms with E-state index in [9.17, 15) is 9.59 Å². The first kappa shape index (κ1) is 22.8. The van der Waals surface area contributed by atoms with Crippen LogP contribution in [0, 0.1) is 0 Å². The summed E-state index contributed by atoms with van der Waals surface area (Å²) in [5, 5.41) is 0. The van der Waals surface area contributed by atoms with Crippen LogP contribution in [0.5, 0.6) is 17.2 Å². The van der Waals surface area contributed by atoms with Gasteiger partial charge in [-0.1, -0.05) is 24.3 Å². The van der Waals surface area contributed by atoms with Crippen molar-refractivity contribution in [2.45, 2.75) is 6.42 Å². The highest BCUT2D eigenvalue weighted by Gasteiger charge is 2.09. The van der Waals surface area contributed by atoms with Crippen molar-refractivity contribution >= 4 is 11.9 Å². The summed E-state index contributed by atoms with van der Waals surface area (Å²) in [6.45, 7) is 0.491. The molecule has 166 valence electrons. The molecule has 0 heterocycles. The summed E-state index contributed by atoms with van der Waals surface area (Å²) in [5.74, 6) is 0.963. The number of nitrogens with two attached hydrogens (primary N) is 1. The summed E-state index contributed by atoms with van der Waals surface area (Å²) in [6.07, 6.45) is 0.544. The Morgan fingerprint density at radius 3 is 1.88 bits per heavy atom. The number of methoxy groups -OCH3 is 1. The van der Waals surface area contributed by atoms with Gasteiger partial charge in [0, 0.05) is 6.42 Å². The number of hydrogen-bond acceptors (Lipinski definition) is 7. The number of carbonyl (C=O) groups is 2. The van der Waals surface area contributed by atoms with Gasteiger partial charge < -0.3 is 24.7 Å². The van der Waals surface area contributed by atoms with Crippen LogP contribution >= 0.6 is 0 Å². The summed E-state index contributed by atoms with van der Waals surface area (Å²) in [4.78, 5) is 23.4. The molecule has 0 aromatic heterocycles. The third-order valence-corrected chi connectivity index (χ3v) is 4.57. The molecule has 0 saturated carbocycles. The molecule has 0 aliphatic heterocycles. The van der Waals surface area contributed by atoms with Crippen LogP contribution in [0.1, 0.15) is 16.8 Å². The normalized spacial score (nSPS) is 10.3. The SMILES string of the molecule is COc1ccc(-c2ccc(OC(=O)c3ccc(OCCCOC(=O)CN)cc3)cc2)cc1. The van der Waals surface area contributed by atoms with E-state index >= 15 is 0 Å². The van der Waals surface area contributed by atoms with Crippen molar-refractivity contribution in [2.75, 3.05) is 26.9 Å². The van der Waals surface area contributed by atoms with E-state index in [0.29, 0.717) is 30.1 Å². The fourth-order valence-electron chi connectivity index (χ4n) is 2.85. The zero-order valence-electron chi connectivity index (χ0n) is 17.8. The van der Waals surface area contributed by atoms with Crippen molar-refractivity contribution in [2.24, 2.45) is 5.73 Å². The van der Waals surface area contributed by atoms with Gasteiger partial charge in [-0.15, -0.1) is 0 Å². The lowest BCUT2D eigenvalue weighted by molar-refractivity contribution is -0.142. The highest BCUT2D eigenvalue weighted by atomic mass is 16.5. The maximum absolute atomic E-state index is 12.4. The lowest BCUT2D eigenvalue weighted by Gasteiger charge is -2.09. The van der Waals surface area contributed by atoms with E-state index in [2.05, 4.69) is 0 Å². The van der Waals surface area contributed by atoms with Gasteiger partial charge in [-0.2, -0.15) is 0 Å². The average molecular weight is 435 g/mol. The number of benzene rings is 3. The Morgan fingerprint density at radius 1 is 0.750 bits per heavy atom. The molecule has 0 unspecified atom stereocenters. The van der Waals surface area contributed by atoms with E-state index in [-0.39, 0.29) is 13.2 Å². The zero-order chi connectivity index (χ0) is 22.8. The minimum absolute atomic E-state index is 0.134. The Hall–Kier alpha value is -3.84.